The minimum atomic E-state index is -7.92. The van der Waals surface area contributed by atoms with Crippen LogP contribution in [0.5, 0.6) is 0 Å². The molecule has 27 heavy (non-hydrogen) atoms. The molecule has 0 aliphatic heterocycles. The SMILES string of the molecule is FC(F)(F)C(F)(F)C(F)(F)C(F)(F)C(F)(F)C(F)(F)c1cc(Cl)ccc1I. The lowest BCUT2D eigenvalue weighted by atomic mass is 9.90. The summed E-state index contributed by atoms with van der Waals surface area (Å²) in [4.78, 5) is 0. The third-order valence-electron chi connectivity index (χ3n) is 3.20. The van der Waals surface area contributed by atoms with Gasteiger partial charge in [0.2, 0.25) is 0 Å². The molecule has 0 saturated carbocycles. The van der Waals surface area contributed by atoms with Gasteiger partial charge in [0, 0.05) is 14.2 Å². The van der Waals surface area contributed by atoms with E-state index < -0.39 is 49.9 Å². The molecule has 0 aliphatic rings. The molecule has 0 N–H and O–H groups in total. The van der Waals surface area contributed by atoms with Crippen molar-refractivity contribution < 1.29 is 57.1 Å². The number of alkyl halides is 13. The van der Waals surface area contributed by atoms with Crippen LogP contribution in [-0.4, -0.2) is 29.9 Å². The molecule has 1 aromatic carbocycles. The van der Waals surface area contributed by atoms with Crippen molar-refractivity contribution in [2.45, 2.75) is 35.8 Å². The fourth-order valence-corrected chi connectivity index (χ4v) is 2.52. The van der Waals surface area contributed by atoms with Crippen molar-refractivity contribution in [2.75, 3.05) is 0 Å². The predicted octanol–water partition coefficient (Wildman–Crippen LogP) is 7.14. The van der Waals surface area contributed by atoms with E-state index in [2.05, 4.69) is 0 Å². The Morgan fingerprint density at radius 3 is 1.44 bits per heavy atom. The van der Waals surface area contributed by atoms with Crippen LogP contribution in [0.2, 0.25) is 5.02 Å². The second-order valence-electron chi connectivity index (χ2n) is 4.99. The highest BCUT2D eigenvalue weighted by Crippen LogP contribution is 2.62. The van der Waals surface area contributed by atoms with Crippen LogP contribution in [0.15, 0.2) is 18.2 Å². The zero-order chi connectivity index (χ0) is 21.9. The van der Waals surface area contributed by atoms with Gasteiger partial charge in [-0.05, 0) is 40.8 Å². The highest BCUT2D eigenvalue weighted by atomic mass is 127. The summed E-state index contributed by atoms with van der Waals surface area (Å²) in [5.41, 5.74) is -2.08. The van der Waals surface area contributed by atoms with E-state index in [0.717, 1.165) is 28.7 Å². The summed E-state index contributed by atoms with van der Waals surface area (Å²) in [6.07, 6.45) is -7.43. The van der Waals surface area contributed by atoms with E-state index in [1.165, 1.54) is 0 Å². The molecule has 0 fully saturated rings. The lowest BCUT2D eigenvalue weighted by Crippen LogP contribution is -2.69. The van der Waals surface area contributed by atoms with Crippen LogP contribution in [0.25, 0.3) is 0 Å². The van der Waals surface area contributed by atoms with Gasteiger partial charge in [0.25, 0.3) is 0 Å². The van der Waals surface area contributed by atoms with E-state index in [1.807, 2.05) is 0 Å². The summed E-state index contributed by atoms with van der Waals surface area (Å²) in [6, 6.07) is 1.34. The van der Waals surface area contributed by atoms with Crippen molar-refractivity contribution in [2.24, 2.45) is 0 Å². The molecule has 0 heterocycles. The maximum Gasteiger partial charge on any atom is 0.460 e. The standard InChI is InChI=1S/C12H3ClF13I/c13-4-1-2-6(27)5(3-4)7(14,15)8(16,17)9(18,19)10(20,21)11(22,23)12(24,25)26/h1-3H. The number of hydrogen-bond donors (Lipinski definition) is 0. The number of benzene rings is 1. The van der Waals surface area contributed by atoms with Crippen LogP contribution in [0.1, 0.15) is 5.56 Å². The Morgan fingerprint density at radius 1 is 0.630 bits per heavy atom. The Labute approximate surface area is 159 Å². The summed E-state index contributed by atoms with van der Waals surface area (Å²) in [5, 5.41) is -0.753. The molecule has 1 rings (SSSR count). The van der Waals surface area contributed by atoms with E-state index in [9.17, 15) is 57.1 Å². The summed E-state index contributed by atoms with van der Waals surface area (Å²) < 4.78 is 169. The zero-order valence-electron chi connectivity index (χ0n) is 11.9. The molecule has 0 radical (unpaired) electrons. The van der Waals surface area contributed by atoms with Crippen molar-refractivity contribution in [1.82, 2.24) is 0 Å². The Kier molecular flexibility index (Phi) is 6.04. The highest BCUT2D eigenvalue weighted by Gasteiger charge is 2.90. The van der Waals surface area contributed by atoms with Gasteiger partial charge in [-0.15, -0.1) is 0 Å². The van der Waals surface area contributed by atoms with E-state index in [0.29, 0.717) is 6.07 Å². The molecular formula is C12H3ClF13I. The first kappa shape index (κ1) is 24.4. The van der Waals surface area contributed by atoms with Gasteiger partial charge in [-0.1, -0.05) is 11.6 Å². The molecule has 0 saturated heterocycles. The molecule has 0 aromatic heterocycles. The van der Waals surface area contributed by atoms with Crippen LogP contribution < -0.4 is 0 Å². The van der Waals surface area contributed by atoms with Gasteiger partial charge in [0.1, 0.15) is 0 Å². The third kappa shape index (κ3) is 3.44. The van der Waals surface area contributed by atoms with Crippen LogP contribution in [0.4, 0.5) is 57.1 Å². The van der Waals surface area contributed by atoms with Crippen molar-refractivity contribution >= 4 is 34.2 Å². The largest absolute Gasteiger partial charge is 0.460 e. The van der Waals surface area contributed by atoms with Gasteiger partial charge in [0.05, 0.1) is 0 Å². The zero-order valence-corrected chi connectivity index (χ0v) is 14.8. The maximum atomic E-state index is 13.9. The molecule has 0 aliphatic carbocycles. The third-order valence-corrected chi connectivity index (χ3v) is 4.38. The first-order valence-corrected chi connectivity index (χ1v) is 7.53. The smallest absolute Gasteiger partial charge is 0.194 e. The molecular weight excluding hydrogens is 553 g/mol. The summed E-state index contributed by atoms with van der Waals surface area (Å²) in [6.45, 7) is 0. The molecule has 156 valence electrons. The molecule has 0 unspecified atom stereocenters. The minimum absolute atomic E-state index is 0.0483. The van der Waals surface area contributed by atoms with Crippen molar-refractivity contribution in [3.8, 4) is 0 Å². The average molecular weight is 556 g/mol. The first-order chi connectivity index (χ1) is 11.7. The van der Waals surface area contributed by atoms with Crippen LogP contribution in [0, 0.1) is 3.57 Å². The van der Waals surface area contributed by atoms with E-state index in [4.69, 9.17) is 11.6 Å². The Bertz CT molecular complexity index is 710. The molecule has 1 aromatic rings. The fourth-order valence-electron chi connectivity index (χ4n) is 1.68. The monoisotopic (exact) mass is 556 g/mol. The van der Waals surface area contributed by atoms with Crippen molar-refractivity contribution in [3.63, 3.8) is 0 Å². The predicted molar refractivity (Wildman–Crippen MR) is 73.9 cm³/mol. The van der Waals surface area contributed by atoms with E-state index >= 15 is 0 Å². The first-order valence-electron chi connectivity index (χ1n) is 6.07. The van der Waals surface area contributed by atoms with Gasteiger partial charge < -0.3 is 0 Å². The number of rotatable bonds is 5. The molecule has 0 atom stereocenters. The molecule has 0 amide bonds. The number of halogens is 15. The molecule has 0 bridgehead atoms. The topological polar surface area (TPSA) is 0 Å². The molecule has 15 heteroatoms. The lowest BCUT2D eigenvalue weighted by molar-refractivity contribution is -0.441. The second kappa shape index (κ2) is 6.69. The normalized spacial score (nSPS) is 15.2. The second-order valence-corrected chi connectivity index (χ2v) is 6.59. The summed E-state index contributed by atoms with van der Waals surface area (Å²) >= 11 is 6.11. The Balaban J connectivity index is 3.66. The number of hydrogen-bond acceptors (Lipinski definition) is 0. The van der Waals surface area contributed by atoms with Crippen molar-refractivity contribution in [3.05, 3.63) is 32.4 Å². The highest BCUT2D eigenvalue weighted by molar-refractivity contribution is 14.1. The van der Waals surface area contributed by atoms with Gasteiger partial charge in [-0.3, -0.25) is 0 Å². The van der Waals surface area contributed by atoms with Crippen LogP contribution in [0.3, 0.4) is 0 Å². The van der Waals surface area contributed by atoms with Crippen LogP contribution >= 0.6 is 34.2 Å². The van der Waals surface area contributed by atoms with Crippen molar-refractivity contribution in [1.29, 1.82) is 0 Å². The van der Waals surface area contributed by atoms with Crippen LogP contribution in [-0.2, 0) is 5.92 Å². The Morgan fingerprint density at radius 2 is 1.04 bits per heavy atom. The average Bonchev–Trinajstić information content (AvgIpc) is 2.47. The van der Waals surface area contributed by atoms with Gasteiger partial charge in [0.15, 0.2) is 0 Å². The Hall–Kier alpha value is -0.670. The molecule has 0 spiro atoms. The van der Waals surface area contributed by atoms with Gasteiger partial charge in [-0.2, -0.15) is 57.1 Å². The summed E-state index contributed by atoms with van der Waals surface area (Å²) in [7, 11) is 0. The quantitative estimate of drug-likeness (QED) is 0.267. The lowest BCUT2D eigenvalue weighted by Gasteiger charge is -2.40. The summed E-state index contributed by atoms with van der Waals surface area (Å²) in [5.74, 6) is -37.2. The van der Waals surface area contributed by atoms with E-state index in [1.54, 1.807) is 0 Å². The van der Waals surface area contributed by atoms with E-state index in [-0.39, 0.29) is 6.07 Å². The van der Waals surface area contributed by atoms with Gasteiger partial charge >= 0.3 is 35.8 Å². The fraction of sp³-hybridized carbons (Fsp3) is 0.500. The van der Waals surface area contributed by atoms with Gasteiger partial charge in [-0.25, -0.2) is 0 Å². The molecule has 0 nitrogen and oxygen atoms in total. The minimum Gasteiger partial charge on any atom is -0.194 e. The maximum absolute atomic E-state index is 13.9.